The summed E-state index contributed by atoms with van der Waals surface area (Å²) in [5.41, 5.74) is 10.2. The van der Waals surface area contributed by atoms with Gasteiger partial charge in [0.25, 0.3) is 0 Å². The largest absolute Gasteiger partial charge is 0.335 e. The lowest BCUT2D eigenvalue weighted by Gasteiger charge is -2.33. The standard InChI is InChI=1S/C38H40N4S/c1-42(2,3)25-11-21-39-23-19-29(20-24-39)26-33-27-31(28-37-40-22-10-13-30-12-9-18-36(43-37)38(30)40)34-16-7-8-17-35(34)41(33)32-14-5-4-6-15-32/h4-9,12,14-20,23-24,26-28H,10-11,13,21-22,25H2,1-3H3/q+2. The Balaban J connectivity index is 1.28. The van der Waals surface area contributed by atoms with Gasteiger partial charge in [0.1, 0.15) is 0 Å². The molecule has 0 saturated carbocycles. The van der Waals surface area contributed by atoms with Crippen LogP contribution in [0.1, 0.15) is 29.5 Å². The van der Waals surface area contributed by atoms with E-state index in [2.05, 4.69) is 151 Å². The molecule has 3 aromatic carbocycles. The number of benzene rings is 3. The van der Waals surface area contributed by atoms with E-state index in [0.29, 0.717) is 0 Å². The second-order valence-electron chi connectivity index (χ2n) is 12.7. The zero-order valence-electron chi connectivity index (χ0n) is 25.4. The first-order chi connectivity index (χ1) is 20.9. The van der Waals surface area contributed by atoms with Crippen LogP contribution in [0.4, 0.5) is 17.1 Å². The monoisotopic (exact) mass is 584 g/mol. The van der Waals surface area contributed by atoms with Crippen LogP contribution in [-0.4, -0.2) is 38.7 Å². The number of fused-ring (bicyclic) bond motifs is 1. The minimum absolute atomic E-state index is 0.996. The third-order valence-corrected chi connectivity index (χ3v) is 9.55. The Labute approximate surface area is 260 Å². The summed E-state index contributed by atoms with van der Waals surface area (Å²) in [4.78, 5) is 6.33. The number of rotatable bonds is 7. The molecule has 0 saturated heterocycles. The highest BCUT2D eigenvalue weighted by atomic mass is 32.2. The molecule has 4 heterocycles. The third kappa shape index (κ3) is 5.80. The Morgan fingerprint density at radius 3 is 2.47 bits per heavy atom. The molecule has 43 heavy (non-hydrogen) atoms. The highest BCUT2D eigenvalue weighted by molar-refractivity contribution is 8.03. The molecule has 0 spiro atoms. The molecule has 4 nitrogen and oxygen atoms in total. The van der Waals surface area contributed by atoms with Crippen molar-refractivity contribution in [1.82, 2.24) is 0 Å². The Morgan fingerprint density at radius 1 is 0.860 bits per heavy atom. The van der Waals surface area contributed by atoms with E-state index >= 15 is 0 Å². The summed E-state index contributed by atoms with van der Waals surface area (Å²) in [7, 11) is 6.77. The average Bonchev–Trinajstić information content (AvgIpc) is 3.37. The van der Waals surface area contributed by atoms with Crippen molar-refractivity contribution in [2.45, 2.75) is 30.7 Å². The molecule has 0 fully saturated rings. The fourth-order valence-corrected chi connectivity index (χ4v) is 7.57. The topological polar surface area (TPSA) is 10.4 Å². The molecule has 0 amide bonds. The summed E-state index contributed by atoms with van der Waals surface area (Å²) in [6, 6.07) is 30.9. The minimum Gasteiger partial charge on any atom is -0.335 e. The predicted octanol–water partition coefficient (Wildman–Crippen LogP) is 8.05. The number of aryl methyl sites for hydroxylation is 2. The van der Waals surface area contributed by atoms with Crippen molar-refractivity contribution in [3.8, 4) is 0 Å². The van der Waals surface area contributed by atoms with Crippen molar-refractivity contribution in [2.24, 2.45) is 0 Å². The van der Waals surface area contributed by atoms with Gasteiger partial charge in [-0.25, -0.2) is 4.57 Å². The first-order valence-corrected chi connectivity index (χ1v) is 16.2. The molecule has 3 aliphatic rings. The Morgan fingerprint density at radius 2 is 1.65 bits per heavy atom. The van der Waals surface area contributed by atoms with Crippen molar-refractivity contribution in [1.29, 1.82) is 0 Å². The Hall–Kier alpha value is -4.06. The van der Waals surface area contributed by atoms with Crippen LogP contribution in [0.2, 0.25) is 0 Å². The molecular weight excluding hydrogens is 545 g/mol. The van der Waals surface area contributed by atoms with E-state index in [1.54, 1.807) is 0 Å². The molecule has 0 unspecified atom stereocenters. The van der Waals surface area contributed by atoms with Crippen LogP contribution >= 0.6 is 11.8 Å². The molecule has 0 radical (unpaired) electrons. The van der Waals surface area contributed by atoms with Crippen LogP contribution in [0.3, 0.4) is 0 Å². The lowest BCUT2D eigenvalue weighted by Crippen LogP contribution is -2.39. The van der Waals surface area contributed by atoms with Crippen LogP contribution in [0.15, 0.2) is 125 Å². The number of hydrogen-bond donors (Lipinski definition) is 0. The third-order valence-electron chi connectivity index (χ3n) is 8.45. The molecule has 7 rings (SSSR count). The second kappa shape index (κ2) is 11.6. The molecule has 216 valence electrons. The van der Waals surface area contributed by atoms with Gasteiger partial charge in [-0.2, -0.15) is 0 Å². The molecular formula is C38H40N4S+2. The zero-order valence-corrected chi connectivity index (χ0v) is 26.2. The van der Waals surface area contributed by atoms with Gasteiger partial charge in [0.05, 0.1) is 50.5 Å². The number of aromatic nitrogens is 1. The maximum absolute atomic E-state index is 2.55. The van der Waals surface area contributed by atoms with E-state index in [4.69, 9.17) is 0 Å². The van der Waals surface area contributed by atoms with Crippen molar-refractivity contribution >= 4 is 40.5 Å². The summed E-state index contributed by atoms with van der Waals surface area (Å²) in [5.74, 6) is 0. The number of para-hydroxylation sites is 3. The first kappa shape index (κ1) is 27.8. The molecule has 0 aliphatic carbocycles. The molecule has 3 aliphatic heterocycles. The van der Waals surface area contributed by atoms with E-state index in [9.17, 15) is 0 Å². The van der Waals surface area contributed by atoms with E-state index in [-0.39, 0.29) is 0 Å². The van der Waals surface area contributed by atoms with Crippen LogP contribution in [0, 0.1) is 0 Å². The smallest absolute Gasteiger partial charge is 0.169 e. The quantitative estimate of drug-likeness (QED) is 0.161. The SMILES string of the molecule is C[N+](C)(C)CCC[n+]1ccc(C=C2C=C(C=C3Sc4cccc5c4N3CCC5)c3ccccc3N2c2ccccc2)cc1. The Kier molecular flexibility index (Phi) is 7.46. The van der Waals surface area contributed by atoms with Gasteiger partial charge in [-0.3, -0.25) is 0 Å². The van der Waals surface area contributed by atoms with E-state index in [1.165, 1.54) is 67.8 Å². The van der Waals surface area contributed by atoms with Gasteiger partial charge in [-0.1, -0.05) is 60.3 Å². The molecule has 0 atom stereocenters. The molecule has 0 N–H and O–H groups in total. The van der Waals surface area contributed by atoms with E-state index in [0.717, 1.165) is 30.5 Å². The summed E-state index contributed by atoms with van der Waals surface area (Å²) >= 11 is 1.91. The number of hydrogen-bond acceptors (Lipinski definition) is 3. The fourth-order valence-electron chi connectivity index (χ4n) is 6.38. The van der Waals surface area contributed by atoms with Crippen LogP contribution in [0.25, 0.3) is 11.6 Å². The van der Waals surface area contributed by atoms with Crippen molar-refractivity contribution in [3.63, 3.8) is 0 Å². The zero-order chi connectivity index (χ0) is 29.4. The maximum atomic E-state index is 2.55. The number of quaternary nitrogens is 1. The Bertz CT molecular complexity index is 1730. The van der Waals surface area contributed by atoms with Gasteiger partial charge >= 0.3 is 0 Å². The summed E-state index contributed by atoms with van der Waals surface area (Å²) in [5, 5.41) is 1.32. The lowest BCUT2D eigenvalue weighted by molar-refractivity contribution is -0.873. The van der Waals surface area contributed by atoms with Gasteiger partial charge < -0.3 is 14.3 Å². The molecule has 0 bridgehead atoms. The first-order valence-electron chi connectivity index (χ1n) is 15.4. The minimum atomic E-state index is 0.996. The lowest BCUT2D eigenvalue weighted by atomic mass is 9.95. The van der Waals surface area contributed by atoms with Gasteiger partial charge in [-0.15, -0.1) is 0 Å². The van der Waals surface area contributed by atoms with Gasteiger partial charge in [0.2, 0.25) is 0 Å². The maximum Gasteiger partial charge on any atom is 0.169 e. The highest BCUT2D eigenvalue weighted by Gasteiger charge is 2.31. The number of allylic oxidation sites excluding steroid dienone is 3. The van der Waals surface area contributed by atoms with Gasteiger partial charge in [0, 0.05) is 40.5 Å². The van der Waals surface area contributed by atoms with E-state index < -0.39 is 0 Å². The number of pyridine rings is 1. The van der Waals surface area contributed by atoms with Gasteiger partial charge in [-0.05, 0) is 72.0 Å². The molecule has 4 aromatic rings. The van der Waals surface area contributed by atoms with Crippen LogP contribution in [0.5, 0.6) is 0 Å². The van der Waals surface area contributed by atoms with E-state index in [1.807, 2.05) is 11.8 Å². The summed E-state index contributed by atoms with van der Waals surface area (Å²) in [6.07, 6.45) is 15.1. The number of nitrogens with zero attached hydrogens (tertiary/aromatic N) is 4. The molecule has 1 aromatic heterocycles. The molecule has 5 heteroatoms. The number of thioether (sulfide) groups is 1. The summed E-state index contributed by atoms with van der Waals surface area (Å²) < 4.78 is 3.30. The normalized spacial score (nSPS) is 17.7. The van der Waals surface area contributed by atoms with Gasteiger partial charge in [0.15, 0.2) is 18.9 Å². The highest BCUT2D eigenvalue weighted by Crippen LogP contribution is 2.51. The predicted molar refractivity (Wildman–Crippen MR) is 181 cm³/mol. The van der Waals surface area contributed by atoms with Crippen molar-refractivity contribution in [2.75, 3.05) is 44.0 Å². The average molecular weight is 585 g/mol. The van der Waals surface area contributed by atoms with Crippen LogP contribution in [-0.2, 0) is 13.0 Å². The van der Waals surface area contributed by atoms with Crippen molar-refractivity contribution in [3.05, 3.63) is 137 Å². The van der Waals surface area contributed by atoms with Crippen LogP contribution < -0.4 is 14.4 Å². The second-order valence-corrected chi connectivity index (χ2v) is 13.8. The number of anilines is 3. The summed E-state index contributed by atoms with van der Waals surface area (Å²) in [6.45, 7) is 3.27. The fraction of sp³-hybridized carbons (Fsp3) is 0.237. The van der Waals surface area contributed by atoms with Crippen molar-refractivity contribution < 1.29 is 9.05 Å².